The summed E-state index contributed by atoms with van der Waals surface area (Å²) in [6.07, 6.45) is 0. The second-order valence-corrected chi connectivity index (χ2v) is 11.1. The minimum atomic E-state index is 0. The van der Waals surface area contributed by atoms with Gasteiger partial charge in [0.05, 0.1) is 27.1 Å². The zero-order chi connectivity index (χ0) is 23.2. The third kappa shape index (κ3) is 9.24. The number of aromatic nitrogens is 3. The van der Waals surface area contributed by atoms with Gasteiger partial charge in [-0.1, -0.05) is 49.0 Å². The van der Waals surface area contributed by atoms with Gasteiger partial charge in [0.2, 0.25) is 0 Å². The molecular weight excluding hydrogens is 422 g/mol. The fraction of sp³-hybridized carbons (Fsp3) is 0.640. The summed E-state index contributed by atoms with van der Waals surface area (Å²) in [7, 11) is 0. The molecule has 0 aliphatic heterocycles. The summed E-state index contributed by atoms with van der Waals surface area (Å²) in [6, 6.07) is 0. The smallest absolute Gasteiger partial charge is 0.191 e. The average molecular weight is 466 g/mol. The fourth-order valence-corrected chi connectivity index (χ4v) is 4.80. The standard InChI is InChI=1S/C8H13NO.2C8H13NS.CH4/c2*1-5(2)8-6(3)10-7(4)9-8;1-5(2)8-9-6(3)7(4)10-8;/h3*5H,1-4H3;1H4. The Bertz CT molecular complexity index is 848. The van der Waals surface area contributed by atoms with Crippen LogP contribution in [0.15, 0.2) is 4.42 Å². The molecule has 0 spiro atoms. The van der Waals surface area contributed by atoms with Crippen LogP contribution in [0, 0.1) is 41.5 Å². The van der Waals surface area contributed by atoms with E-state index in [-0.39, 0.29) is 7.43 Å². The Morgan fingerprint density at radius 2 is 1.19 bits per heavy atom. The van der Waals surface area contributed by atoms with Crippen molar-refractivity contribution in [2.24, 2.45) is 0 Å². The normalized spacial score (nSPS) is 10.5. The molecule has 0 amide bonds. The molecule has 0 radical (unpaired) electrons. The first kappa shape index (κ1) is 29.5. The highest BCUT2D eigenvalue weighted by Crippen LogP contribution is 2.24. The summed E-state index contributed by atoms with van der Waals surface area (Å²) in [5.74, 6) is 3.34. The van der Waals surface area contributed by atoms with Gasteiger partial charge in [-0.3, -0.25) is 0 Å². The lowest BCUT2D eigenvalue weighted by Crippen LogP contribution is -1.89. The minimum absolute atomic E-state index is 0. The number of hydrogen-bond acceptors (Lipinski definition) is 6. The van der Waals surface area contributed by atoms with Crippen molar-refractivity contribution in [3.05, 3.63) is 48.5 Å². The molecule has 0 atom stereocenters. The summed E-state index contributed by atoms with van der Waals surface area (Å²) in [6.45, 7) is 25.2. The lowest BCUT2D eigenvalue weighted by molar-refractivity contribution is 0.492. The number of nitrogens with zero attached hydrogens (tertiary/aromatic N) is 3. The summed E-state index contributed by atoms with van der Waals surface area (Å²) in [5, 5.41) is 2.44. The highest BCUT2D eigenvalue weighted by molar-refractivity contribution is 7.12. The second kappa shape index (κ2) is 13.1. The van der Waals surface area contributed by atoms with Crippen LogP contribution in [0.4, 0.5) is 0 Å². The van der Waals surface area contributed by atoms with Gasteiger partial charge in [0.1, 0.15) is 5.76 Å². The van der Waals surface area contributed by atoms with Crippen LogP contribution in [0.3, 0.4) is 0 Å². The molecule has 0 aliphatic rings. The van der Waals surface area contributed by atoms with Gasteiger partial charge in [-0.2, -0.15) is 0 Å². The lowest BCUT2D eigenvalue weighted by Gasteiger charge is -1.99. The van der Waals surface area contributed by atoms with Crippen LogP contribution in [-0.2, 0) is 0 Å². The van der Waals surface area contributed by atoms with E-state index in [1.165, 1.54) is 31.2 Å². The van der Waals surface area contributed by atoms with Crippen molar-refractivity contribution < 1.29 is 4.42 Å². The Morgan fingerprint density at radius 3 is 1.39 bits per heavy atom. The van der Waals surface area contributed by atoms with E-state index in [2.05, 4.69) is 84.2 Å². The zero-order valence-corrected chi connectivity index (χ0v) is 22.4. The third-order valence-corrected chi connectivity index (χ3v) is 6.79. The van der Waals surface area contributed by atoms with E-state index in [4.69, 9.17) is 4.42 Å². The van der Waals surface area contributed by atoms with E-state index in [9.17, 15) is 0 Å². The van der Waals surface area contributed by atoms with Crippen molar-refractivity contribution in [2.75, 3.05) is 0 Å². The maximum atomic E-state index is 5.26. The van der Waals surface area contributed by atoms with E-state index in [0.29, 0.717) is 17.8 Å². The Kier molecular flexibility index (Phi) is 12.5. The van der Waals surface area contributed by atoms with E-state index >= 15 is 0 Å². The molecule has 3 heterocycles. The van der Waals surface area contributed by atoms with Gasteiger partial charge in [-0.25, -0.2) is 15.0 Å². The van der Waals surface area contributed by atoms with Crippen molar-refractivity contribution in [1.29, 1.82) is 0 Å². The Balaban J connectivity index is 0.000000429. The van der Waals surface area contributed by atoms with Crippen LogP contribution in [0.1, 0.15) is 115 Å². The van der Waals surface area contributed by atoms with Crippen LogP contribution in [-0.4, -0.2) is 15.0 Å². The zero-order valence-electron chi connectivity index (χ0n) is 20.8. The molecule has 0 aliphatic carbocycles. The maximum Gasteiger partial charge on any atom is 0.191 e. The Hall–Kier alpha value is -1.53. The van der Waals surface area contributed by atoms with Crippen molar-refractivity contribution in [3.8, 4) is 0 Å². The highest BCUT2D eigenvalue weighted by Gasteiger charge is 2.09. The quantitative estimate of drug-likeness (QED) is 0.387. The Morgan fingerprint density at radius 1 is 0.645 bits per heavy atom. The third-order valence-electron chi connectivity index (χ3n) is 4.51. The molecule has 176 valence electrons. The van der Waals surface area contributed by atoms with E-state index < -0.39 is 0 Å². The van der Waals surface area contributed by atoms with Crippen LogP contribution in [0.5, 0.6) is 0 Å². The summed E-state index contributed by atoms with van der Waals surface area (Å²) >= 11 is 3.60. The monoisotopic (exact) mass is 465 g/mol. The fourth-order valence-electron chi connectivity index (χ4n) is 2.91. The number of rotatable bonds is 3. The number of aryl methyl sites for hydroxylation is 6. The van der Waals surface area contributed by atoms with E-state index in [1.54, 1.807) is 11.3 Å². The molecule has 31 heavy (non-hydrogen) atoms. The average Bonchev–Trinajstić information content (AvgIpc) is 3.26. The minimum Gasteiger partial charge on any atom is -0.446 e. The summed E-state index contributed by atoms with van der Waals surface area (Å²) in [4.78, 5) is 15.8. The lowest BCUT2D eigenvalue weighted by atomic mass is 10.1. The molecular formula is C25H43N3OS2. The molecule has 3 aromatic heterocycles. The van der Waals surface area contributed by atoms with Crippen LogP contribution >= 0.6 is 22.7 Å². The summed E-state index contributed by atoms with van der Waals surface area (Å²) < 4.78 is 5.26. The molecule has 0 aromatic carbocycles. The van der Waals surface area contributed by atoms with Gasteiger partial charge in [0.25, 0.3) is 0 Å². The van der Waals surface area contributed by atoms with E-state index in [1.807, 2.05) is 25.2 Å². The molecule has 0 N–H and O–H groups in total. The van der Waals surface area contributed by atoms with E-state index in [0.717, 1.165) is 17.3 Å². The summed E-state index contributed by atoms with van der Waals surface area (Å²) in [5.41, 5.74) is 3.54. The molecule has 0 bridgehead atoms. The first-order chi connectivity index (χ1) is 13.8. The first-order valence-corrected chi connectivity index (χ1v) is 12.3. The Labute approximate surface area is 198 Å². The van der Waals surface area contributed by atoms with Gasteiger partial charge in [0, 0.05) is 22.6 Å². The highest BCUT2D eigenvalue weighted by atomic mass is 32.1. The van der Waals surface area contributed by atoms with Crippen LogP contribution in [0.25, 0.3) is 0 Å². The van der Waals surface area contributed by atoms with Gasteiger partial charge in [-0.05, 0) is 46.5 Å². The van der Waals surface area contributed by atoms with Gasteiger partial charge < -0.3 is 4.42 Å². The number of oxazole rings is 1. The van der Waals surface area contributed by atoms with Crippen molar-refractivity contribution >= 4 is 22.7 Å². The van der Waals surface area contributed by atoms with Gasteiger partial charge in [-0.15, -0.1) is 22.7 Å². The molecule has 3 rings (SSSR count). The maximum absolute atomic E-state index is 5.26. The SMILES string of the molecule is C.Cc1nc(C(C)C)c(C)o1.Cc1nc(C(C)C)c(C)s1.Cc1nc(C(C)C)sc1C. The van der Waals surface area contributed by atoms with Crippen molar-refractivity contribution in [2.45, 2.75) is 108 Å². The van der Waals surface area contributed by atoms with Gasteiger partial charge >= 0.3 is 0 Å². The van der Waals surface area contributed by atoms with Crippen molar-refractivity contribution in [1.82, 2.24) is 15.0 Å². The molecule has 0 saturated heterocycles. The first-order valence-electron chi connectivity index (χ1n) is 10.6. The molecule has 4 nitrogen and oxygen atoms in total. The molecule has 0 unspecified atom stereocenters. The van der Waals surface area contributed by atoms with Crippen LogP contribution < -0.4 is 0 Å². The number of thiazole rings is 2. The largest absolute Gasteiger partial charge is 0.446 e. The predicted octanol–water partition coefficient (Wildman–Crippen LogP) is 8.82. The predicted molar refractivity (Wildman–Crippen MR) is 138 cm³/mol. The molecule has 0 saturated carbocycles. The van der Waals surface area contributed by atoms with Crippen LogP contribution in [0.2, 0.25) is 0 Å². The van der Waals surface area contributed by atoms with Crippen molar-refractivity contribution in [3.63, 3.8) is 0 Å². The molecule has 6 heteroatoms. The number of hydrogen-bond donors (Lipinski definition) is 0. The molecule has 0 fully saturated rings. The molecule has 3 aromatic rings. The topological polar surface area (TPSA) is 51.8 Å². The second-order valence-electron chi connectivity index (χ2n) is 8.51. The van der Waals surface area contributed by atoms with Gasteiger partial charge in [0.15, 0.2) is 5.89 Å².